The molecule has 1 heterocycles. The first-order valence-corrected chi connectivity index (χ1v) is 7.20. The summed E-state index contributed by atoms with van der Waals surface area (Å²) in [6, 6.07) is 2.96. The Labute approximate surface area is 108 Å². The number of nitrogens with one attached hydrogen (secondary N) is 2. The number of hydrogen-bond donors (Lipinski definition) is 2. The summed E-state index contributed by atoms with van der Waals surface area (Å²) < 4.78 is 31.5. The lowest BCUT2D eigenvalue weighted by Gasteiger charge is -2.12. The molecule has 1 unspecified atom stereocenters. The molecule has 0 bridgehead atoms. The van der Waals surface area contributed by atoms with Gasteiger partial charge in [0.2, 0.25) is 10.0 Å². The second-order valence-electron chi connectivity index (χ2n) is 3.81. The first-order chi connectivity index (χ1) is 8.49. The third-order valence-corrected chi connectivity index (χ3v) is 3.78. The van der Waals surface area contributed by atoms with Gasteiger partial charge in [0.25, 0.3) is 0 Å². The van der Waals surface area contributed by atoms with E-state index < -0.39 is 10.0 Å². The van der Waals surface area contributed by atoms with Gasteiger partial charge < -0.3 is 10.1 Å². The minimum absolute atomic E-state index is 0.171. The summed E-state index contributed by atoms with van der Waals surface area (Å²) in [5.74, 6) is 0.542. The molecule has 0 aromatic carbocycles. The molecule has 6 nitrogen and oxygen atoms in total. The number of anilines is 1. The molecular weight excluding hydrogens is 254 g/mol. The predicted molar refractivity (Wildman–Crippen MR) is 70.1 cm³/mol. The summed E-state index contributed by atoms with van der Waals surface area (Å²) in [6.45, 7) is 4.63. The third-order valence-electron chi connectivity index (χ3n) is 2.36. The average molecular weight is 273 g/mol. The number of pyridine rings is 1. The van der Waals surface area contributed by atoms with Gasteiger partial charge in [-0.2, -0.15) is 0 Å². The molecule has 102 valence electrons. The van der Waals surface area contributed by atoms with Crippen molar-refractivity contribution in [1.82, 2.24) is 9.71 Å². The largest absolute Gasteiger partial charge is 0.380 e. The number of methoxy groups -OCH3 is 1. The second kappa shape index (κ2) is 6.67. The van der Waals surface area contributed by atoms with Crippen LogP contribution in [0, 0.1) is 0 Å². The van der Waals surface area contributed by atoms with Crippen LogP contribution in [0.15, 0.2) is 23.2 Å². The third kappa shape index (κ3) is 4.25. The smallest absolute Gasteiger partial charge is 0.240 e. The van der Waals surface area contributed by atoms with E-state index in [0.717, 1.165) is 0 Å². The summed E-state index contributed by atoms with van der Waals surface area (Å²) in [6.07, 6.45) is 1.29. The van der Waals surface area contributed by atoms with E-state index in [-0.39, 0.29) is 17.5 Å². The lowest BCUT2D eigenvalue weighted by Crippen LogP contribution is -2.31. The quantitative estimate of drug-likeness (QED) is 0.769. The molecule has 0 radical (unpaired) electrons. The zero-order valence-corrected chi connectivity index (χ0v) is 11.6. The number of nitrogens with zero attached hydrogens (tertiary/aromatic N) is 1. The molecule has 2 N–H and O–H groups in total. The van der Waals surface area contributed by atoms with Crippen LogP contribution in [0.25, 0.3) is 0 Å². The maximum atomic E-state index is 12.0. The Kier molecular flexibility index (Phi) is 5.52. The maximum absolute atomic E-state index is 12.0. The van der Waals surface area contributed by atoms with E-state index >= 15 is 0 Å². The summed E-state index contributed by atoms with van der Waals surface area (Å²) in [7, 11) is -1.98. The number of hydrogen-bond acceptors (Lipinski definition) is 5. The van der Waals surface area contributed by atoms with Gasteiger partial charge in [-0.3, -0.25) is 0 Å². The standard InChI is InChI=1S/C11H19N3O3S/c1-4-12-11-7-10(5-6-13-11)18(15,16)14-8-9(2)17-3/h5-7,9,14H,4,8H2,1-3H3,(H,12,13). The van der Waals surface area contributed by atoms with Crippen molar-refractivity contribution in [3.05, 3.63) is 18.3 Å². The molecule has 1 atom stereocenters. The second-order valence-corrected chi connectivity index (χ2v) is 5.57. The molecule has 1 rings (SSSR count). The van der Waals surface area contributed by atoms with E-state index in [1.165, 1.54) is 25.4 Å². The van der Waals surface area contributed by atoms with Crippen LogP contribution < -0.4 is 10.0 Å². The highest BCUT2D eigenvalue weighted by Crippen LogP contribution is 2.12. The Balaban J connectivity index is 2.81. The first-order valence-electron chi connectivity index (χ1n) is 5.72. The molecule has 0 aliphatic rings. The number of sulfonamides is 1. The number of aromatic nitrogens is 1. The van der Waals surface area contributed by atoms with E-state index in [0.29, 0.717) is 12.4 Å². The van der Waals surface area contributed by atoms with Gasteiger partial charge in [-0.1, -0.05) is 0 Å². The Morgan fingerprint density at radius 3 is 2.83 bits per heavy atom. The Hall–Kier alpha value is -1.18. The van der Waals surface area contributed by atoms with Crippen molar-refractivity contribution in [1.29, 1.82) is 0 Å². The van der Waals surface area contributed by atoms with Crippen LogP contribution in [0.3, 0.4) is 0 Å². The van der Waals surface area contributed by atoms with Crippen molar-refractivity contribution in [2.45, 2.75) is 24.8 Å². The van der Waals surface area contributed by atoms with Crippen molar-refractivity contribution in [3.8, 4) is 0 Å². The lowest BCUT2D eigenvalue weighted by atomic mass is 10.4. The van der Waals surface area contributed by atoms with Gasteiger partial charge in [0.05, 0.1) is 11.0 Å². The molecule has 18 heavy (non-hydrogen) atoms. The molecule has 7 heteroatoms. The van der Waals surface area contributed by atoms with Gasteiger partial charge in [0.15, 0.2) is 0 Å². The summed E-state index contributed by atoms with van der Waals surface area (Å²) in [4.78, 5) is 4.22. The van der Waals surface area contributed by atoms with E-state index in [9.17, 15) is 8.42 Å². The molecule has 0 aliphatic carbocycles. The fraction of sp³-hybridized carbons (Fsp3) is 0.545. The van der Waals surface area contributed by atoms with Crippen LogP contribution in [0.4, 0.5) is 5.82 Å². The molecule has 0 fully saturated rings. The number of rotatable bonds is 7. The van der Waals surface area contributed by atoms with Gasteiger partial charge >= 0.3 is 0 Å². The van der Waals surface area contributed by atoms with Crippen LogP contribution in [-0.2, 0) is 14.8 Å². The zero-order chi connectivity index (χ0) is 13.6. The topological polar surface area (TPSA) is 80.3 Å². The molecular formula is C11H19N3O3S. The van der Waals surface area contributed by atoms with Gasteiger partial charge in [0, 0.05) is 32.5 Å². The van der Waals surface area contributed by atoms with Crippen molar-refractivity contribution >= 4 is 15.8 Å². The van der Waals surface area contributed by atoms with E-state index in [1.807, 2.05) is 6.92 Å². The van der Waals surface area contributed by atoms with E-state index in [4.69, 9.17) is 4.74 Å². The van der Waals surface area contributed by atoms with Crippen molar-refractivity contribution in [3.63, 3.8) is 0 Å². The highest BCUT2D eigenvalue weighted by Gasteiger charge is 2.15. The normalized spacial score (nSPS) is 13.3. The van der Waals surface area contributed by atoms with E-state index in [1.54, 1.807) is 6.92 Å². The Morgan fingerprint density at radius 2 is 2.22 bits per heavy atom. The zero-order valence-electron chi connectivity index (χ0n) is 10.8. The molecule has 0 saturated heterocycles. The molecule has 1 aromatic rings. The molecule has 0 amide bonds. The van der Waals surface area contributed by atoms with Crippen molar-refractivity contribution in [2.75, 3.05) is 25.5 Å². The minimum atomic E-state index is -3.52. The summed E-state index contributed by atoms with van der Waals surface area (Å²) in [5.41, 5.74) is 0. The first kappa shape index (κ1) is 14.9. The molecule has 0 saturated carbocycles. The average Bonchev–Trinajstić information content (AvgIpc) is 2.37. The highest BCUT2D eigenvalue weighted by atomic mass is 32.2. The van der Waals surface area contributed by atoms with Gasteiger partial charge in [-0.15, -0.1) is 0 Å². The SMILES string of the molecule is CCNc1cc(S(=O)(=O)NCC(C)OC)ccn1. The fourth-order valence-corrected chi connectivity index (χ4v) is 2.38. The van der Waals surface area contributed by atoms with Crippen LogP contribution in [0.1, 0.15) is 13.8 Å². The number of ether oxygens (including phenoxy) is 1. The summed E-state index contributed by atoms with van der Waals surface area (Å²) in [5, 5.41) is 2.97. The van der Waals surface area contributed by atoms with Crippen LogP contribution >= 0.6 is 0 Å². The Morgan fingerprint density at radius 1 is 1.50 bits per heavy atom. The fourth-order valence-electron chi connectivity index (χ4n) is 1.25. The van der Waals surface area contributed by atoms with Crippen molar-refractivity contribution < 1.29 is 13.2 Å². The highest BCUT2D eigenvalue weighted by molar-refractivity contribution is 7.89. The maximum Gasteiger partial charge on any atom is 0.240 e. The monoisotopic (exact) mass is 273 g/mol. The van der Waals surface area contributed by atoms with E-state index in [2.05, 4.69) is 15.0 Å². The molecule has 0 aliphatic heterocycles. The Bertz CT molecular complexity index is 476. The molecule has 0 spiro atoms. The molecule has 1 aromatic heterocycles. The van der Waals surface area contributed by atoms with Gasteiger partial charge in [0.1, 0.15) is 5.82 Å². The lowest BCUT2D eigenvalue weighted by molar-refractivity contribution is 0.122. The summed E-state index contributed by atoms with van der Waals surface area (Å²) >= 11 is 0. The van der Waals surface area contributed by atoms with Crippen LogP contribution in [-0.4, -0.2) is 39.7 Å². The van der Waals surface area contributed by atoms with Gasteiger partial charge in [-0.05, 0) is 19.9 Å². The minimum Gasteiger partial charge on any atom is -0.380 e. The van der Waals surface area contributed by atoms with Gasteiger partial charge in [-0.25, -0.2) is 18.1 Å². The predicted octanol–water partition coefficient (Wildman–Crippen LogP) is 0.827. The van der Waals surface area contributed by atoms with Crippen LogP contribution in [0.2, 0.25) is 0 Å². The van der Waals surface area contributed by atoms with Crippen LogP contribution in [0.5, 0.6) is 0 Å². The van der Waals surface area contributed by atoms with Crippen molar-refractivity contribution in [2.24, 2.45) is 0 Å².